The molecule has 0 saturated carbocycles. The van der Waals surface area contributed by atoms with E-state index >= 15 is 0 Å². The molecule has 2 aromatic heterocycles. The van der Waals surface area contributed by atoms with E-state index in [4.69, 9.17) is 0 Å². The molecule has 0 atom stereocenters. The number of rotatable bonds is 6. The number of nitrogens with zero attached hydrogens (tertiary/aromatic N) is 6. The average Bonchev–Trinajstić information content (AvgIpc) is 3.21. The first kappa shape index (κ1) is 17.1. The second kappa shape index (κ2) is 7.43. The van der Waals surface area contributed by atoms with E-state index in [0.29, 0.717) is 16.7 Å². The van der Waals surface area contributed by atoms with Gasteiger partial charge in [-0.3, -0.25) is 4.79 Å². The zero-order valence-electron chi connectivity index (χ0n) is 13.6. The third-order valence-electron chi connectivity index (χ3n) is 3.25. The molecule has 8 nitrogen and oxygen atoms in total. The molecule has 0 bridgehead atoms. The van der Waals surface area contributed by atoms with Crippen molar-refractivity contribution in [1.82, 2.24) is 30.0 Å². The van der Waals surface area contributed by atoms with Gasteiger partial charge in [-0.15, -0.1) is 5.10 Å². The minimum Gasteiger partial charge on any atom is -0.310 e. The quantitative estimate of drug-likeness (QED) is 0.678. The van der Waals surface area contributed by atoms with Crippen LogP contribution in [0.1, 0.15) is 19.9 Å². The topological polar surface area (TPSA) is 90.5 Å². The first-order chi connectivity index (χ1) is 12.0. The highest BCUT2D eigenvalue weighted by molar-refractivity contribution is 7.99. The number of carbonyl (C=O) groups excluding carboxylic acids is 1. The van der Waals surface area contributed by atoms with Crippen LogP contribution >= 0.6 is 11.8 Å². The van der Waals surface area contributed by atoms with Gasteiger partial charge in [0, 0.05) is 12.1 Å². The number of halogens is 1. The zero-order chi connectivity index (χ0) is 17.8. The second-order valence-corrected chi connectivity index (χ2v) is 6.39. The van der Waals surface area contributed by atoms with Gasteiger partial charge in [0.15, 0.2) is 0 Å². The molecule has 1 amide bonds. The van der Waals surface area contributed by atoms with E-state index in [1.54, 1.807) is 29.1 Å². The van der Waals surface area contributed by atoms with E-state index in [-0.39, 0.29) is 23.5 Å². The van der Waals surface area contributed by atoms with Gasteiger partial charge >= 0.3 is 0 Å². The Kier molecular flexibility index (Phi) is 5.08. The summed E-state index contributed by atoms with van der Waals surface area (Å²) in [6.07, 6.45) is 1.63. The maximum absolute atomic E-state index is 13.4. The number of hydrogen-bond donors (Lipinski definition) is 1. The highest BCUT2D eigenvalue weighted by Gasteiger charge is 2.14. The average molecular weight is 361 g/mol. The van der Waals surface area contributed by atoms with Crippen LogP contribution in [0.5, 0.6) is 0 Å². The molecule has 0 saturated heterocycles. The molecule has 0 spiro atoms. The monoisotopic (exact) mass is 361 g/mol. The number of benzene rings is 1. The minimum absolute atomic E-state index is 0.110. The highest BCUT2D eigenvalue weighted by atomic mass is 32.2. The fourth-order valence-corrected chi connectivity index (χ4v) is 2.86. The smallest absolute Gasteiger partial charge is 0.235 e. The van der Waals surface area contributed by atoms with Crippen LogP contribution in [0, 0.1) is 5.82 Å². The molecule has 1 N–H and O–H groups in total. The summed E-state index contributed by atoms with van der Waals surface area (Å²) >= 11 is 1.16. The fraction of sp³-hybridized carbons (Fsp3) is 0.267. The lowest BCUT2D eigenvalue weighted by Crippen LogP contribution is -2.18. The Hall–Kier alpha value is -2.75. The Labute approximate surface area is 147 Å². The summed E-state index contributed by atoms with van der Waals surface area (Å²) < 4.78 is 16.5. The van der Waals surface area contributed by atoms with Gasteiger partial charge in [0.25, 0.3) is 0 Å². The summed E-state index contributed by atoms with van der Waals surface area (Å²) in [5.74, 6) is 0.147. The van der Waals surface area contributed by atoms with Crippen molar-refractivity contribution in [3.8, 4) is 5.69 Å². The number of amides is 1. The van der Waals surface area contributed by atoms with Crippen LogP contribution < -0.4 is 5.32 Å². The van der Waals surface area contributed by atoms with Crippen molar-refractivity contribution in [3.63, 3.8) is 0 Å². The van der Waals surface area contributed by atoms with E-state index in [9.17, 15) is 9.18 Å². The summed E-state index contributed by atoms with van der Waals surface area (Å²) in [5, 5.41) is 18.7. The number of tetrazole rings is 1. The Balaban J connectivity index is 1.65. The summed E-state index contributed by atoms with van der Waals surface area (Å²) in [5.41, 5.74) is 0.491. The predicted octanol–water partition coefficient (Wildman–Crippen LogP) is 2.31. The van der Waals surface area contributed by atoms with Crippen LogP contribution in [0.3, 0.4) is 0 Å². The van der Waals surface area contributed by atoms with Crippen molar-refractivity contribution in [2.24, 2.45) is 0 Å². The molecule has 0 aliphatic carbocycles. The summed E-state index contributed by atoms with van der Waals surface area (Å²) in [6.45, 7) is 3.95. The predicted molar refractivity (Wildman–Crippen MR) is 91.1 cm³/mol. The molecule has 1 aromatic carbocycles. The van der Waals surface area contributed by atoms with Gasteiger partial charge in [-0.25, -0.2) is 9.07 Å². The molecule has 25 heavy (non-hydrogen) atoms. The van der Waals surface area contributed by atoms with Crippen LogP contribution in [-0.4, -0.2) is 41.6 Å². The molecular weight excluding hydrogens is 345 g/mol. The number of thioether (sulfide) groups is 1. The van der Waals surface area contributed by atoms with Crippen molar-refractivity contribution < 1.29 is 9.18 Å². The number of nitrogens with one attached hydrogen (secondary N) is 1. The van der Waals surface area contributed by atoms with E-state index in [1.165, 1.54) is 16.8 Å². The Morgan fingerprint density at radius 1 is 1.36 bits per heavy atom. The lowest BCUT2D eigenvalue weighted by Gasteiger charge is -2.11. The number of aromatic nitrogens is 6. The third kappa shape index (κ3) is 4.02. The van der Waals surface area contributed by atoms with Gasteiger partial charge in [0.2, 0.25) is 11.1 Å². The van der Waals surface area contributed by atoms with E-state index in [0.717, 1.165) is 11.8 Å². The number of hydrogen-bond acceptors (Lipinski definition) is 6. The van der Waals surface area contributed by atoms with Crippen LogP contribution in [0.25, 0.3) is 5.69 Å². The van der Waals surface area contributed by atoms with E-state index < -0.39 is 0 Å². The second-order valence-electron chi connectivity index (χ2n) is 5.44. The van der Waals surface area contributed by atoms with Gasteiger partial charge in [-0.2, -0.15) is 9.78 Å². The molecule has 3 aromatic rings. The van der Waals surface area contributed by atoms with Crippen molar-refractivity contribution >= 4 is 23.5 Å². The highest BCUT2D eigenvalue weighted by Crippen LogP contribution is 2.19. The van der Waals surface area contributed by atoms with Crippen LogP contribution in [0.4, 0.5) is 10.2 Å². The van der Waals surface area contributed by atoms with Crippen LogP contribution in [-0.2, 0) is 4.79 Å². The van der Waals surface area contributed by atoms with Crippen LogP contribution in [0.15, 0.2) is 41.7 Å². The van der Waals surface area contributed by atoms with Crippen LogP contribution in [0.2, 0.25) is 0 Å². The molecule has 0 aliphatic rings. The fourth-order valence-electron chi connectivity index (χ4n) is 2.17. The number of carbonyl (C=O) groups is 1. The van der Waals surface area contributed by atoms with Gasteiger partial charge in [-0.05, 0) is 42.5 Å². The molecule has 3 rings (SSSR count). The van der Waals surface area contributed by atoms with Gasteiger partial charge in [0.05, 0.1) is 17.6 Å². The van der Waals surface area contributed by atoms with E-state index in [1.807, 2.05) is 13.8 Å². The Morgan fingerprint density at radius 3 is 2.96 bits per heavy atom. The van der Waals surface area contributed by atoms with Crippen molar-refractivity contribution in [2.75, 3.05) is 11.1 Å². The molecule has 0 radical (unpaired) electrons. The first-order valence-corrected chi connectivity index (χ1v) is 8.53. The molecular formula is C15H16FN7OS. The SMILES string of the molecule is CC(C)n1nccc1NC(=O)CSc1nnnn1-c1cccc(F)c1. The minimum atomic E-state index is -0.386. The Bertz CT molecular complexity index is 876. The normalized spacial score (nSPS) is 11.0. The first-order valence-electron chi connectivity index (χ1n) is 7.55. The lowest BCUT2D eigenvalue weighted by atomic mass is 10.3. The molecule has 10 heteroatoms. The lowest BCUT2D eigenvalue weighted by molar-refractivity contribution is -0.113. The van der Waals surface area contributed by atoms with Gasteiger partial charge in [-0.1, -0.05) is 17.8 Å². The maximum Gasteiger partial charge on any atom is 0.235 e. The molecule has 0 fully saturated rings. The maximum atomic E-state index is 13.4. The van der Waals surface area contributed by atoms with Crippen molar-refractivity contribution in [1.29, 1.82) is 0 Å². The van der Waals surface area contributed by atoms with Crippen molar-refractivity contribution in [2.45, 2.75) is 25.0 Å². The van der Waals surface area contributed by atoms with Gasteiger partial charge < -0.3 is 5.32 Å². The summed E-state index contributed by atoms with van der Waals surface area (Å²) in [4.78, 5) is 12.2. The molecule has 2 heterocycles. The molecule has 0 unspecified atom stereocenters. The third-order valence-corrected chi connectivity index (χ3v) is 4.17. The largest absolute Gasteiger partial charge is 0.310 e. The summed E-state index contributed by atoms with van der Waals surface area (Å²) in [7, 11) is 0. The molecule has 0 aliphatic heterocycles. The standard InChI is InChI=1S/C15H16FN7OS/c1-10(2)22-13(6-7-17-22)18-14(24)9-25-15-19-20-21-23(15)12-5-3-4-11(16)8-12/h3-8,10H,9H2,1-2H3,(H,18,24). The van der Waals surface area contributed by atoms with Crippen molar-refractivity contribution in [3.05, 3.63) is 42.3 Å². The Morgan fingerprint density at radius 2 is 2.20 bits per heavy atom. The zero-order valence-corrected chi connectivity index (χ0v) is 14.4. The number of anilines is 1. The van der Waals surface area contributed by atoms with Gasteiger partial charge in [0.1, 0.15) is 11.6 Å². The molecule has 130 valence electrons. The van der Waals surface area contributed by atoms with E-state index in [2.05, 4.69) is 25.9 Å². The summed E-state index contributed by atoms with van der Waals surface area (Å²) in [6, 6.07) is 7.79.